The predicted octanol–water partition coefficient (Wildman–Crippen LogP) is 3.08. The van der Waals surface area contributed by atoms with Crippen molar-refractivity contribution in [3.8, 4) is 5.69 Å². The summed E-state index contributed by atoms with van der Waals surface area (Å²) < 4.78 is 14.6. The van der Waals surface area contributed by atoms with E-state index in [0.29, 0.717) is 30.9 Å². The van der Waals surface area contributed by atoms with Crippen LogP contribution in [0.3, 0.4) is 0 Å². The molecule has 0 unspecified atom stereocenters. The molecule has 1 aliphatic heterocycles. The van der Waals surface area contributed by atoms with Gasteiger partial charge >= 0.3 is 0 Å². The predicted molar refractivity (Wildman–Crippen MR) is 119 cm³/mol. The highest BCUT2D eigenvalue weighted by Crippen LogP contribution is 2.15. The number of hydrogen-bond acceptors (Lipinski definition) is 3. The number of carbonyl (C=O) groups is 2. The minimum atomic E-state index is -0.490. The van der Waals surface area contributed by atoms with E-state index >= 15 is 0 Å². The fourth-order valence-electron chi connectivity index (χ4n) is 3.93. The maximum atomic E-state index is 13.3. The van der Waals surface area contributed by atoms with Crippen molar-refractivity contribution < 1.29 is 14.0 Å². The van der Waals surface area contributed by atoms with Gasteiger partial charge in [0.2, 0.25) is 5.91 Å². The summed E-state index contributed by atoms with van der Waals surface area (Å²) in [6, 6.07) is 15.1. The summed E-state index contributed by atoms with van der Waals surface area (Å²) in [7, 11) is 0. The highest BCUT2D eigenvalue weighted by atomic mass is 19.1. The number of hydrogen-bond donors (Lipinski definition) is 0. The third-order valence-electron chi connectivity index (χ3n) is 5.68. The molecule has 1 fully saturated rings. The minimum absolute atomic E-state index is 0.0248. The van der Waals surface area contributed by atoms with E-state index in [9.17, 15) is 18.8 Å². The maximum absolute atomic E-state index is 13.3. The fraction of sp³-hybridized carbons (Fsp3) is 0.240. The molecule has 2 aromatic carbocycles. The van der Waals surface area contributed by atoms with E-state index in [1.165, 1.54) is 33.7 Å². The Morgan fingerprint density at radius 2 is 1.75 bits per heavy atom. The summed E-state index contributed by atoms with van der Waals surface area (Å²) >= 11 is 0. The van der Waals surface area contributed by atoms with Gasteiger partial charge in [-0.1, -0.05) is 29.8 Å². The van der Waals surface area contributed by atoms with Gasteiger partial charge in [0.05, 0.1) is 0 Å². The first-order valence-corrected chi connectivity index (χ1v) is 10.4. The molecule has 1 aromatic heterocycles. The average molecular weight is 433 g/mol. The zero-order valence-corrected chi connectivity index (χ0v) is 18.0. The van der Waals surface area contributed by atoms with Crippen LogP contribution in [0.25, 0.3) is 5.69 Å². The van der Waals surface area contributed by atoms with E-state index in [1.54, 1.807) is 24.1 Å². The zero-order valence-electron chi connectivity index (χ0n) is 18.0. The third-order valence-corrected chi connectivity index (χ3v) is 5.68. The number of carbonyl (C=O) groups excluding carboxylic acids is 2. The standard InChI is InChI=1S/C25H24FN3O3/c1-17-4-3-5-19(14-17)15-27-12-13-28(16-22(27)30)24(31)23-18(2)10-11-29(25(23)32)21-8-6-20(26)7-9-21/h3-11,14H,12-13,15-16H2,1-2H3. The Balaban J connectivity index is 1.54. The van der Waals surface area contributed by atoms with E-state index in [0.717, 1.165) is 11.1 Å². The Morgan fingerprint density at radius 3 is 2.44 bits per heavy atom. The number of benzene rings is 2. The molecule has 3 aromatic rings. The Labute approximate surface area is 185 Å². The lowest BCUT2D eigenvalue weighted by atomic mass is 10.1. The van der Waals surface area contributed by atoms with Crippen LogP contribution in [0.1, 0.15) is 27.0 Å². The number of amides is 2. The first kappa shape index (κ1) is 21.5. The van der Waals surface area contributed by atoms with Gasteiger partial charge < -0.3 is 9.80 Å². The lowest BCUT2D eigenvalue weighted by Gasteiger charge is -2.34. The fourth-order valence-corrected chi connectivity index (χ4v) is 3.93. The van der Waals surface area contributed by atoms with Gasteiger partial charge in [-0.25, -0.2) is 4.39 Å². The van der Waals surface area contributed by atoms with E-state index in [2.05, 4.69) is 0 Å². The molecule has 0 N–H and O–H groups in total. The molecule has 0 aliphatic carbocycles. The van der Waals surface area contributed by atoms with Crippen LogP contribution in [0, 0.1) is 19.7 Å². The number of aromatic nitrogens is 1. The van der Waals surface area contributed by atoms with E-state index < -0.39 is 17.3 Å². The summed E-state index contributed by atoms with van der Waals surface area (Å²) in [5.41, 5.74) is 2.70. The largest absolute Gasteiger partial charge is 0.335 e. The molecule has 1 saturated heterocycles. The van der Waals surface area contributed by atoms with Gasteiger partial charge in [-0.3, -0.25) is 19.0 Å². The van der Waals surface area contributed by atoms with Crippen LogP contribution < -0.4 is 5.56 Å². The summed E-state index contributed by atoms with van der Waals surface area (Å²) in [6.45, 7) is 4.86. The summed E-state index contributed by atoms with van der Waals surface area (Å²) in [5, 5.41) is 0. The lowest BCUT2D eigenvalue weighted by molar-refractivity contribution is -0.135. The first-order chi connectivity index (χ1) is 15.3. The average Bonchev–Trinajstić information content (AvgIpc) is 2.76. The maximum Gasteiger partial charge on any atom is 0.268 e. The molecule has 2 amide bonds. The molecule has 4 rings (SSSR count). The highest BCUT2D eigenvalue weighted by molar-refractivity contribution is 5.98. The lowest BCUT2D eigenvalue weighted by Crippen LogP contribution is -2.52. The van der Waals surface area contributed by atoms with Gasteiger partial charge in [-0.15, -0.1) is 0 Å². The Morgan fingerprint density at radius 1 is 1.00 bits per heavy atom. The number of pyridine rings is 1. The first-order valence-electron chi connectivity index (χ1n) is 10.4. The Kier molecular flexibility index (Phi) is 5.90. The van der Waals surface area contributed by atoms with Gasteiger partial charge in [0.25, 0.3) is 11.5 Å². The third kappa shape index (κ3) is 4.32. The number of aryl methyl sites for hydroxylation is 2. The van der Waals surface area contributed by atoms with Crippen LogP contribution in [-0.4, -0.2) is 45.8 Å². The van der Waals surface area contributed by atoms with Gasteiger partial charge in [0.1, 0.15) is 17.9 Å². The van der Waals surface area contributed by atoms with Crippen molar-refractivity contribution in [1.29, 1.82) is 0 Å². The molecular weight excluding hydrogens is 409 g/mol. The molecule has 0 radical (unpaired) electrons. The topological polar surface area (TPSA) is 62.6 Å². The molecule has 6 nitrogen and oxygen atoms in total. The van der Waals surface area contributed by atoms with Gasteiger partial charge in [-0.2, -0.15) is 0 Å². The van der Waals surface area contributed by atoms with Gasteiger partial charge in [0.15, 0.2) is 0 Å². The molecule has 0 spiro atoms. The molecule has 32 heavy (non-hydrogen) atoms. The van der Waals surface area contributed by atoms with Crippen LogP contribution in [-0.2, 0) is 11.3 Å². The second kappa shape index (κ2) is 8.78. The van der Waals surface area contributed by atoms with Crippen molar-refractivity contribution in [3.63, 3.8) is 0 Å². The summed E-state index contributed by atoms with van der Waals surface area (Å²) in [5.74, 6) is -1.03. The molecule has 2 heterocycles. The molecule has 0 bridgehead atoms. The van der Waals surface area contributed by atoms with E-state index in [-0.39, 0.29) is 18.0 Å². The van der Waals surface area contributed by atoms with E-state index in [1.807, 2.05) is 31.2 Å². The number of piperazine rings is 1. The summed E-state index contributed by atoms with van der Waals surface area (Å²) in [4.78, 5) is 42.2. The highest BCUT2D eigenvalue weighted by Gasteiger charge is 2.30. The molecule has 7 heteroatoms. The normalized spacial score (nSPS) is 14.0. The smallest absolute Gasteiger partial charge is 0.268 e. The second-order valence-electron chi connectivity index (χ2n) is 8.06. The quantitative estimate of drug-likeness (QED) is 0.635. The zero-order chi connectivity index (χ0) is 22.8. The van der Waals surface area contributed by atoms with Crippen molar-refractivity contribution in [2.75, 3.05) is 19.6 Å². The van der Waals surface area contributed by atoms with Gasteiger partial charge in [-0.05, 0) is 55.3 Å². The number of halogens is 1. The molecule has 0 atom stereocenters. The molecule has 1 aliphatic rings. The Hall–Kier alpha value is -3.74. The minimum Gasteiger partial charge on any atom is -0.335 e. The van der Waals surface area contributed by atoms with Crippen molar-refractivity contribution in [2.24, 2.45) is 0 Å². The van der Waals surface area contributed by atoms with Crippen molar-refractivity contribution in [2.45, 2.75) is 20.4 Å². The number of nitrogens with zero attached hydrogens (tertiary/aromatic N) is 3. The van der Waals surface area contributed by atoms with Crippen molar-refractivity contribution in [3.05, 3.63) is 99.2 Å². The van der Waals surface area contributed by atoms with Gasteiger partial charge in [0, 0.05) is 31.5 Å². The van der Waals surface area contributed by atoms with Crippen molar-refractivity contribution in [1.82, 2.24) is 14.4 Å². The SMILES string of the molecule is Cc1cccc(CN2CCN(C(=O)c3c(C)ccn(-c4ccc(F)cc4)c3=O)CC2=O)c1. The second-order valence-corrected chi connectivity index (χ2v) is 8.06. The van der Waals surface area contributed by atoms with Crippen LogP contribution in [0.4, 0.5) is 4.39 Å². The molecular formula is C25H24FN3O3. The number of rotatable bonds is 4. The van der Waals surface area contributed by atoms with Crippen LogP contribution in [0.2, 0.25) is 0 Å². The molecule has 164 valence electrons. The van der Waals surface area contributed by atoms with Crippen LogP contribution >= 0.6 is 0 Å². The molecule has 0 saturated carbocycles. The Bertz CT molecular complexity index is 1230. The van der Waals surface area contributed by atoms with Crippen LogP contribution in [0.5, 0.6) is 0 Å². The monoisotopic (exact) mass is 433 g/mol. The van der Waals surface area contributed by atoms with Crippen molar-refractivity contribution >= 4 is 11.8 Å². The van der Waals surface area contributed by atoms with Crippen LogP contribution in [0.15, 0.2) is 65.6 Å². The van der Waals surface area contributed by atoms with E-state index in [4.69, 9.17) is 0 Å². The summed E-state index contributed by atoms with van der Waals surface area (Å²) in [6.07, 6.45) is 1.56.